The molecule has 1 rings (SSSR count). The van der Waals surface area contributed by atoms with E-state index in [1.807, 2.05) is 7.05 Å². The Morgan fingerprint density at radius 3 is 2.54 bits per heavy atom. The van der Waals surface area contributed by atoms with Gasteiger partial charge >= 0.3 is 0 Å². The van der Waals surface area contributed by atoms with Crippen molar-refractivity contribution in [3.63, 3.8) is 0 Å². The Kier molecular flexibility index (Phi) is 5.40. The molecule has 0 aromatic heterocycles. The molecule has 1 unspecified atom stereocenters. The van der Waals surface area contributed by atoms with Crippen molar-refractivity contribution < 1.29 is 5.11 Å². The lowest BCUT2D eigenvalue weighted by Crippen LogP contribution is -2.29. The fourth-order valence-electron chi connectivity index (χ4n) is 2.36. The van der Waals surface area contributed by atoms with Crippen molar-refractivity contribution >= 4 is 0 Å². The summed E-state index contributed by atoms with van der Waals surface area (Å²) in [7, 11) is 2.00. The Balaban J connectivity index is 2.18. The van der Waals surface area contributed by atoms with Crippen LogP contribution in [0.3, 0.4) is 0 Å². The zero-order valence-corrected chi connectivity index (χ0v) is 8.76. The summed E-state index contributed by atoms with van der Waals surface area (Å²) in [6.45, 7) is 0.318. The predicted molar refractivity (Wildman–Crippen MR) is 55.7 cm³/mol. The quantitative estimate of drug-likeness (QED) is 0.686. The first-order valence-electron chi connectivity index (χ1n) is 5.65. The van der Waals surface area contributed by atoms with E-state index in [-0.39, 0.29) is 0 Å². The molecule has 1 aliphatic carbocycles. The molecular weight excluding hydrogens is 162 g/mol. The maximum Gasteiger partial charge on any atom is 0.0445 e. The summed E-state index contributed by atoms with van der Waals surface area (Å²) in [5.41, 5.74) is 0. The summed E-state index contributed by atoms with van der Waals surface area (Å²) in [6, 6.07) is 0.535. The van der Waals surface area contributed by atoms with Gasteiger partial charge in [0.1, 0.15) is 0 Å². The smallest absolute Gasteiger partial charge is 0.0445 e. The molecule has 0 aromatic rings. The zero-order chi connectivity index (χ0) is 9.52. The minimum Gasteiger partial charge on any atom is -0.396 e. The average Bonchev–Trinajstić information content (AvgIpc) is 2.19. The fraction of sp³-hybridized carbons (Fsp3) is 1.00. The van der Waals surface area contributed by atoms with E-state index in [1.165, 1.54) is 38.5 Å². The Labute approximate surface area is 81.7 Å². The van der Waals surface area contributed by atoms with E-state index >= 15 is 0 Å². The fourth-order valence-corrected chi connectivity index (χ4v) is 2.36. The molecule has 0 radical (unpaired) electrons. The number of hydrogen-bond donors (Lipinski definition) is 2. The molecule has 0 aromatic carbocycles. The molecule has 13 heavy (non-hydrogen) atoms. The van der Waals surface area contributed by atoms with Gasteiger partial charge in [0.15, 0.2) is 0 Å². The van der Waals surface area contributed by atoms with Gasteiger partial charge in [0.05, 0.1) is 0 Å². The van der Waals surface area contributed by atoms with Gasteiger partial charge < -0.3 is 10.4 Å². The molecule has 78 valence electrons. The molecule has 0 aliphatic heterocycles. The Bertz CT molecular complexity index is 119. The third kappa shape index (κ3) is 4.10. The standard InChI is InChI=1S/C11H23NO/c1-12-11(7-8-13)9-10-5-3-2-4-6-10/h10-13H,2-9H2,1H3. The van der Waals surface area contributed by atoms with Crippen molar-refractivity contribution in [3.8, 4) is 0 Å². The molecular formula is C11H23NO. The van der Waals surface area contributed by atoms with Crippen molar-refractivity contribution in [3.05, 3.63) is 0 Å². The van der Waals surface area contributed by atoms with E-state index in [9.17, 15) is 0 Å². The number of aliphatic hydroxyl groups is 1. The highest BCUT2D eigenvalue weighted by molar-refractivity contribution is 4.73. The molecule has 2 heteroatoms. The predicted octanol–water partition coefficient (Wildman–Crippen LogP) is 1.93. The first-order valence-corrected chi connectivity index (χ1v) is 5.65. The number of rotatable bonds is 5. The maximum atomic E-state index is 8.86. The molecule has 2 nitrogen and oxygen atoms in total. The molecule has 0 heterocycles. The van der Waals surface area contributed by atoms with E-state index in [0.29, 0.717) is 12.6 Å². The normalized spacial score (nSPS) is 21.7. The van der Waals surface area contributed by atoms with Crippen molar-refractivity contribution in [2.45, 2.75) is 51.0 Å². The SMILES string of the molecule is CNC(CCO)CC1CCCCC1. The van der Waals surface area contributed by atoms with E-state index in [4.69, 9.17) is 5.11 Å². The van der Waals surface area contributed by atoms with Crippen LogP contribution in [0, 0.1) is 5.92 Å². The van der Waals surface area contributed by atoms with E-state index < -0.39 is 0 Å². The molecule has 1 fully saturated rings. The largest absolute Gasteiger partial charge is 0.396 e. The summed E-state index contributed by atoms with van der Waals surface area (Å²) < 4.78 is 0. The highest BCUT2D eigenvalue weighted by atomic mass is 16.3. The van der Waals surface area contributed by atoms with Crippen molar-refractivity contribution in [1.29, 1.82) is 0 Å². The van der Waals surface area contributed by atoms with Gasteiger partial charge in [-0.3, -0.25) is 0 Å². The first-order chi connectivity index (χ1) is 6.36. The van der Waals surface area contributed by atoms with Crippen LogP contribution in [0.2, 0.25) is 0 Å². The van der Waals surface area contributed by atoms with Crippen LogP contribution in [0.5, 0.6) is 0 Å². The van der Waals surface area contributed by atoms with Gasteiger partial charge in [0.25, 0.3) is 0 Å². The number of nitrogens with one attached hydrogen (secondary N) is 1. The van der Waals surface area contributed by atoms with Crippen LogP contribution < -0.4 is 5.32 Å². The summed E-state index contributed by atoms with van der Waals surface area (Å²) in [5, 5.41) is 12.1. The van der Waals surface area contributed by atoms with Crippen LogP contribution >= 0.6 is 0 Å². The first kappa shape index (κ1) is 11.0. The molecule has 1 aliphatic rings. The van der Waals surface area contributed by atoms with E-state index in [0.717, 1.165) is 12.3 Å². The zero-order valence-electron chi connectivity index (χ0n) is 8.76. The molecule has 2 N–H and O–H groups in total. The van der Waals surface area contributed by atoms with Crippen LogP contribution in [0.15, 0.2) is 0 Å². The molecule has 0 bridgehead atoms. The van der Waals surface area contributed by atoms with Gasteiger partial charge in [-0.15, -0.1) is 0 Å². The summed E-state index contributed by atoms with van der Waals surface area (Å²) in [5.74, 6) is 0.915. The van der Waals surface area contributed by atoms with Gasteiger partial charge in [0, 0.05) is 12.6 Å². The third-order valence-corrected chi connectivity index (χ3v) is 3.23. The number of hydrogen-bond acceptors (Lipinski definition) is 2. The Morgan fingerprint density at radius 1 is 1.31 bits per heavy atom. The molecule has 1 atom stereocenters. The van der Waals surface area contributed by atoms with Crippen LogP contribution in [0.1, 0.15) is 44.9 Å². The number of aliphatic hydroxyl groups excluding tert-OH is 1. The van der Waals surface area contributed by atoms with Crippen LogP contribution in [-0.4, -0.2) is 24.8 Å². The Morgan fingerprint density at radius 2 is 2.00 bits per heavy atom. The van der Waals surface area contributed by atoms with Gasteiger partial charge in [-0.1, -0.05) is 32.1 Å². The molecule has 0 spiro atoms. The van der Waals surface area contributed by atoms with Gasteiger partial charge in [0.2, 0.25) is 0 Å². The second-order valence-corrected chi connectivity index (χ2v) is 4.24. The lowest BCUT2D eigenvalue weighted by molar-refractivity contribution is 0.239. The van der Waals surface area contributed by atoms with Gasteiger partial charge in [-0.05, 0) is 25.8 Å². The van der Waals surface area contributed by atoms with E-state index in [2.05, 4.69) is 5.32 Å². The second kappa shape index (κ2) is 6.39. The van der Waals surface area contributed by atoms with Crippen molar-refractivity contribution in [2.75, 3.05) is 13.7 Å². The Hall–Kier alpha value is -0.0800. The van der Waals surface area contributed by atoms with Crippen LogP contribution in [0.4, 0.5) is 0 Å². The minimum atomic E-state index is 0.318. The highest BCUT2D eigenvalue weighted by Gasteiger charge is 2.17. The lowest BCUT2D eigenvalue weighted by Gasteiger charge is -2.25. The van der Waals surface area contributed by atoms with E-state index in [1.54, 1.807) is 0 Å². The van der Waals surface area contributed by atoms with Crippen LogP contribution in [-0.2, 0) is 0 Å². The topological polar surface area (TPSA) is 32.3 Å². The third-order valence-electron chi connectivity index (χ3n) is 3.23. The van der Waals surface area contributed by atoms with Crippen molar-refractivity contribution in [1.82, 2.24) is 5.32 Å². The average molecular weight is 185 g/mol. The molecule has 0 saturated heterocycles. The summed E-state index contributed by atoms with van der Waals surface area (Å²) in [6.07, 6.45) is 9.25. The molecule has 0 amide bonds. The lowest BCUT2D eigenvalue weighted by atomic mass is 9.84. The minimum absolute atomic E-state index is 0.318. The van der Waals surface area contributed by atoms with Gasteiger partial charge in [-0.2, -0.15) is 0 Å². The highest BCUT2D eigenvalue weighted by Crippen LogP contribution is 2.27. The summed E-state index contributed by atoms with van der Waals surface area (Å²) in [4.78, 5) is 0. The van der Waals surface area contributed by atoms with Crippen molar-refractivity contribution in [2.24, 2.45) is 5.92 Å². The second-order valence-electron chi connectivity index (χ2n) is 4.24. The monoisotopic (exact) mass is 185 g/mol. The van der Waals surface area contributed by atoms with Crippen LogP contribution in [0.25, 0.3) is 0 Å². The maximum absolute atomic E-state index is 8.86. The summed E-state index contributed by atoms with van der Waals surface area (Å²) >= 11 is 0. The van der Waals surface area contributed by atoms with Gasteiger partial charge in [-0.25, -0.2) is 0 Å². The molecule has 1 saturated carbocycles.